The number of hydrogen-bond acceptors (Lipinski definition) is 11. The molecule has 0 aliphatic rings. The van der Waals surface area contributed by atoms with Crippen molar-refractivity contribution in [1.29, 1.82) is 0 Å². The van der Waals surface area contributed by atoms with Crippen molar-refractivity contribution in [3.8, 4) is 6.01 Å². The van der Waals surface area contributed by atoms with Crippen LogP contribution in [0.25, 0.3) is 0 Å². The van der Waals surface area contributed by atoms with E-state index in [1.807, 2.05) is 0 Å². The summed E-state index contributed by atoms with van der Waals surface area (Å²) in [4.78, 5) is 46.6. The highest BCUT2D eigenvalue weighted by atomic mass is 32.2. The maximum atomic E-state index is 12.7. The van der Waals surface area contributed by atoms with Gasteiger partial charge in [-0.2, -0.15) is 15.0 Å². The van der Waals surface area contributed by atoms with Crippen molar-refractivity contribution in [3.05, 3.63) is 35.2 Å². The van der Waals surface area contributed by atoms with Gasteiger partial charge in [-0.3, -0.25) is 5.32 Å². The van der Waals surface area contributed by atoms with E-state index in [0.29, 0.717) is 0 Å². The molecule has 0 aliphatic carbocycles. The minimum absolute atomic E-state index is 0.0978. The Morgan fingerprint density at radius 2 is 1.63 bits per heavy atom. The quantitative estimate of drug-likeness (QED) is 0.591. The molecule has 0 saturated heterocycles. The number of carbonyl (C=O) groups excluding carboxylic acids is 3. The molecule has 0 fully saturated rings. The van der Waals surface area contributed by atoms with E-state index in [0.717, 1.165) is 26.4 Å². The third-order valence-electron chi connectivity index (χ3n) is 3.46. The van der Waals surface area contributed by atoms with Gasteiger partial charge in [0.25, 0.3) is 10.0 Å². The Balaban J connectivity index is 2.37. The third kappa shape index (κ3) is 5.16. The van der Waals surface area contributed by atoms with Gasteiger partial charge in [-0.1, -0.05) is 0 Å². The van der Waals surface area contributed by atoms with Gasteiger partial charge in [0.15, 0.2) is 0 Å². The zero-order valence-electron chi connectivity index (χ0n) is 16.2. The van der Waals surface area contributed by atoms with Gasteiger partial charge in [-0.15, -0.1) is 0 Å². The molecule has 2 aromatic rings. The van der Waals surface area contributed by atoms with Gasteiger partial charge in [0.05, 0.1) is 32.5 Å². The van der Waals surface area contributed by atoms with Gasteiger partial charge in [0, 0.05) is 0 Å². The molecule has 160 valence electrons. The molecule has 0 unspecified atom stereocenters. The number of urea groups is 1. The Morgan fingerprint density at radius 1 is 0.967 bits per heavy atom. The van der Waals surface area contributed by atoms with Crippen LogP contribution in [-0.4, -0.2) is 62.7 Å². The molecule has 0 saturated carbocycles. The average Bonchev–Trinajstić information content (AvgIpc) is 2.71. The SMILES string of the molecule is COC(=O)c1ccc(C(=O)OC)c(S(=O)(=O)NC(=O)Nc2nc(C)nc(OC)n2)c1. The van der Waals surface area contributed by atoms with Crippen molar-refractivity contribution < 1.29 is 37.0 Å². The number of ether oxygens (including phenoxy) is 3. The molecule has 2 N–H and O–H groups in total. The van der Waals surface area contributed by atoms with E-state index >= 15 is 0 Å². The number of anilines is 1. The molecular formula is C16H17N5O8S. The number of amides is 2. The molecule has 1 aromatic heterocycles. The fourth-order valence-corrected chi connectivity index (χ4v) is 3.30. The van der Waals surface area contributed by atoms with Crippen LogP contribution in [0.15, 0.2) is 23.1 Å². The van der Waals surface area contributed by atoms with Gasteiger partial charge < -0.3 is 14.2 Å². The van der Waals surface area contributed by atoms with Gasteiger partial charge >= 0.3 is 24.0 Å². The number of rotatable bonds is 6. The van der Waals surface area contributed by atoms with Crippen molar-refractivity contribution in [2.24, 2.45) is 0 Å². The minimum atomic E-state index is -4.63. The Bertz CT molecular complexity index is 1100. The van der Waals surface area contributed by atoms with E-state index in [9.17, 15) is 22.8 Å². The summed E-state index contributed by atoms with van der Waals surface area (Å²) in [6, 6.07) is 1.78. The predicted molar refractivity (Wildman–Crippen MR) is 99.6 cm³/mol. The second-order valence-corrected chi connectivity index (χ2v) is 7.10. The first-order chi connectivity index (χ1) is 14.1. The van der Waals surface area contributed by atoms with Gasteiger partial charge in [-0.25, -0.2) is 27.5 Å². The summed E-state index contributed by atoms with van der Waals surface area (Å²) in [6.45, 7) is 1.50. The van der Waals surface area contributed by atoms with E-state index in [-0.39, 0.29) is 23.3 Å². The van der Waals surface area contributed by atoms with Crippen LogP contribution in [0, 0.1) is 6.92 Å². The number of aromatic nitrogens is 3. The fourth-order valence-electron chi connectivity index (χ4n) is 2.18. The van der Waals surface area contributed by atoms with Crippen molar-refractivity contribution in [2.75, 3.05) is 26.6 Å². The highest BCUT2D eigenvalue weighted by molar-refractivity contribution is 7.90. The molecule has 2 rings (SSSR count). The number of hydrogen-bond donors (Lipinski definition) is 2. The van der Waals surface area contributed by atoms with Crippen LogP contribution in [0.5, 0.6) is 6.01 Å². The summed E-state index contributed by atoms with van der Waals surface area (Å²) in [7, 11) is -1.19. The van der Waals surface area contributed by atoms with E-state index in [1.54, 1.807) is 4.72 Å². The standard InChI is InChI=1S/C16H17N5O8S/c1-8-17-14(20-16(18-8)29-4)19-15(24)21-30(25,26)11-7-9(12(22)27-2)5-6-10(11)13(23)28-3/h5-7H,1-4H3,(H2,17,18,19,20,21,24). The zero-order valence-corrected chi connectivity index (χ0v) is 17.1. The van der Waals surface area contributed by atoms with E-state index < -0.39 is 38.5 Å². The summed E-state index contributed by atoms with van der Waals surface area (Å²) in [5.41, 5.74) is -0.563. The largest absolute Gasteiger partial charge is 0.467 e. The Hall–Kier alpha value is -3.81. The fraction of sp³-hybridized carbons (Fsp3) is 0.250. The molecule has 0 atom stereocenters. The first-order valence-corrected chi connectivity index (χ1v) is 9.50. The Morgan fingerprint density at radius 3 is 2.23 bits per heavy atom. The summed E-state index contributed by atoms with van der Waals surface area (Å²) < 4.78 is 41.1. The molecule has 1 heterocycles. The molecule has 2 amide bonds. The van der Waals surface area contributed by atoms with Crippen molar-refractivity contribution in [2.45, 2.75) is 11.8 Å². The van der Waals surface area contributed by atoms with Crippen LogP contribution in [0.3, 0.4) is 0 Å². The number of nitrogens with zero attached hydrogens (tertiary/aromatic N) is 3. The maximum absolute atomic E-state index is 12.7. The van der Waals surface area contributed by atoms with Crippen LogP contribution in [0.1, 0.15) is 26.5 Å². The summed E-state index contributed by atoms with van der Waals surface area (Å²) in [5.74, 6) is -1.91. The topological polar surface area (TPSA) is 176 Å². The van der Waals surface area contributed by atoms with Crippen LogP contribution < -0.4 is 14.8 Å². The lowest BCUT2D eigenvalue weighted by Crippen LogP contribution is -2.36. The molecule has 0 radical (unpaired) electrons. The first kappa shape index (κ1) is 22.5. The lowest BCUT2D eigenvalue weighted by atomic mass is 10.1. The van der Waals surface area contributed by atoms with E-state index in [2.05, 4.69) is 29.7 Å². The normalized spacial score (nSPS) is 10.7. The minimum Gasteiger partial charge on any atom is -0.467 e. The van der Waals surface area contributed by atoms with Gasteiger partial charge in [-0.05, 0) is 25.1 Å². The van der Waals surface area contributed by atoms with Gasteiger partial charge in [0.1, 0.15) is 10.7 Å². The smallest absolute Gasteiger partial charge is 0.339 e. The Kier molecular flexibility index (Phi) is 6.84. The van der Waals surface area contributed by atoms with Crippen molar-refractivity contribution in [1.82, 2.24) is 19.7 Å². The van der Waals surface area contributed by atoms with Crippen LogP contribution in [-0.2, 0) is 19.5 Å². The molecule has 30 heavy (non-hydrogen) atoms. The zero-order chi connectivity index (χ0) is 22.5. The maximum Gasteiger partial charge on any atom is 0.339 e. The lowest BCUT2D eigenvalue weighted by Gasteiger charge is -2.12. The summed E-state index contributed by atoms with van der Waals surface area (Å²) in [5, 5.41) is 2.12. The molecule has 0 spiro atoms. The van der Waals surface area contributed by atoms with Gasteiger partial charge in [0.2, 0.25) is 5.95 Å². The van der Waals surface area contributed by atoms with Crippen molar-refractivity contribution in [3.63, 3.8) is 0 Å². The molecular weight excluding hydrogens is 422 g/mol. The van der Waals surface area contributed by atoms with E-state index in [4.69, 9.17) is 4.74 Å². The van der Waals surface area contributed by atoms with Crippen LogP contribution >= 0.6 is 0 Å². The second-order valence-electron chi connectivity index (χ2n) is 5.45. The monoisotopic (exact) mass is 439 g/mol. The number of aryl methyl sites for hydroxylation is 1. The van der Waals surface area contributed by atoms with E-state index in [1.165, 1.54) is 20.1 Å². The summed E-state index contributed by atoms with van der Waals surface area (Å²) in [6.07, 6.45) is 0. The Labute approximate surface area is 170 Å². The highest BCUT2D eigenvalue weighted by Crippen LogP contribution is 2.20. The van der Waals surface area contributed by atoms with Crippen LogP contribution in [0.2, 0.25) is 0 Å². The molecule has 0 aliphatic heterocycles. The highest BCUT2D eigenvalue weighted by Gasteiger charge is 2.27. The molecule has 1 aromatic carbocycles. The summed E-state index contributed by atoms with van der Waals surface area (Å²) >= 11 is 0. The second kappa shape index (κ2) is 9.13. The number of carbonyl (C=O) groups is 3. The van der Waals surface area contributed by atoms with Crippen LogP contribution in [0.4, 0.5) is 10.7 Å². The number of benzene rings is 1. The molecule has 14 heteroatoms. The number of esters is 2. The van der Waals surface area contributed by atoms with Crippen molar-refractivity contribution >= 4 is 33.9 Å². The molecule has 13 nitrogen and oxygen atoms in total. The third-order valence-corrected chi connectivity index (χ3v) is 4.83. The number of sulfonamides is 1. The number of nitrogens with one attached hydrogen (secondary N) is 2. The number of methoxy groups -OCH3 is 3. The molecule has 0 bridgehead atoms. The lowest BCUT2D eigenvalue weighted by molar-refractivity contribution is 0.0583. The first-order valence-electron chi connectivity index (χ1n) is 8.02. The predicted octanol–water partition coefficient (Wildman–Crippen LogP) is 0.272. The average molecular weight is 439 g/mol.